The first kappa shape index (κ1) is 17.9. The second kappa shape index (κ2) is 9.82. The van der Waals surface area contributed by atoms with E-state index in [1.54, 1.807) is 0 Å². The predicted molar refractivity (Wildman–Crippen MR) is 82.5 cm³/mol. The van der Waals surface area contributed by atoms with Crippen molar-refractivity contribution in [3.63, 3.8) is 0 Å². The number of hydrogen-bond donors (Lipinski definition) is 1. The molecule has 0 spiro atoms. The van der Waals surface area contributed by atoms with Gasteiger partial charge in [0.15, 0.2) is 0 Å². The summed E-state index contributed by atoms with van der Waals surface area (Å²) >= 11 is 0. The minimum Gasteiger partial charge on any atom is -0.338 e. The fourth-order valence-electron chi connectivity index (χ4n) is 1.89. The molecule has 0 aliphatic heterocycles. The maximum atomic E-state index is 12.1. The van der Waals surface area contributed by atoms with E-state index < -0.39 is 0 Å². The van der Waals surface area contributed by atoms with Crippen LogP contribution in [0.4, 0.5) is 0 Å². The molecule has 1 aromatic carbocycles. The molecule has 4 heteroatoms. The van der Waals surface area contributed by atoms with Gasteiger partial charge in [-0.1, -0.05) is 44.2 Å². The first-order valence-corrected chi connectivity index (χ1v) is 6.59. The third kappa shape index (κ3) is 7.19. The normalized spacial score (nSPS) is 10.1. The lowest BCUT2D eigenvalue weighted by atomic mass is 10.1. The van der Waals surface area contributed by atoms with Crippen molar-refractivity contribution in [2.45, 2.75) is 26.8 Å². The van der Waals surface area contributed by atoms with Gasteiger partial charge < -0.3 is 10.2 Å². The van der Waals surface area contributed by atoms with Crippen LogP contribution in [-0.2, 0) is 11.3 Å². The molecule has 0 saturated heterocycles. The van der Waals surface area contributed by atoms with Crippen LogP contribution in [-0.4, -0.2) is 30.9 Å². The Morgan fingerprint density at radius 3 is 2.42 bits per heavy atom. The van der Waals surface area contributed by atoms with Crippen molar-refractivity contribution in [1.29, 1.82) is 0 Å². The molecule has 0 saturated carbocycles. The van der Waals surface area contributed by atoms with Crippen molar-refractivity contribution in [2.75, 3.05) is 20.1 Å². The smallest absolute Gasteiger partial charge is 0.224 e. The van der Waals surface area contributed by atoms with Gasteiger partial charge in [0.2, 0.25) is 5.91 Å². The second-order valence-corrected chi connectivity index (χ2v) is 5.01. The highest BCUT2D eigenvalue weighted by Gasteiger charge is 2.14. The molecule has 0 aliphatic carbocycles. The van der Waals surface area contributed by atoms with Crippen LogP contribution in [0.25, 0.3) is 0 Å². The molecule has 1 aromatic rings. The van der Waals surface area contributed by atoms with Crippen LogP contribution in [0.3, 0.4) is 0 Å². The molecule has 0 aromatic heterocycles. The van der Waals surface area contributed by atoms with Gasteiger partial charge in [-0.05, 0) is 18.5 Å². The molecule has 1 rings (SSSR count). The Bertz CT molecular complexity index is 354. The van der Waals surface area contributed by atoms with Gasteiger partial charge in [0.05, 0.1) is 0 Å². The molecule has 0 heterocycles. The number of hydrogen-bond acceptors (Lipinski definition) is 2. The van der Waals surface area contributed by atoms with E-state index in [1.807, 2.05) is 30.1 Å². The average Bonchev–Trinajstić information content (AvgIpc) is 2.36. The molecule has 0 bridgehead atoms. The van der Waals surface area contributed by atoms with E-state index in [0.717, 1.165) is 13.1 Å². The van der Waals surface area contributed by atoms with Crippen LogP contribution in [0.1, 0.15) is 25.8 Å². The van der Waals surface area contributed by atoms with E-state index in [4.69, 9.17) is 0 Å². The zero-order chi connectivity index (χ0) is 13.4. The Morgan fingerprint density at radius 2 is 1.89 bits per heavy atom. The maximum absolute atomic E-state index is 12.1. The Morgan fingerprint density at radius 1 is 1.26 bits per heavy atom. The number of carbonyl (C=O) groups excluding carboxylic acids is 1. The van der Waals surface area contributed by atoms with E-state index >= 15 is 0 Å². The van der Waals surface area contributed by atoms with Gasteiger partial charge in [0.1, 0.15) is 0 Å². The topological polar surface area (TPSA) is 32.3 Å². The highest BCUT2D eigenvalue weighted by atomic mass is 35.5. The number of carbonyl (C=O) groups is 1. The standard InChI is InChI=1S/C15H24N2O.ClH/c1-13(2)11-17(15(18)9-10-16-3)12-14-7-5-4-6-8-14;/h4-8,13,16H,9-12H2,1-3H3;1H. The maximum Gasteiger partial charge on any atom is 0.224 e. The molecule has 0 fully saturated rings. The van der Waals surface area contributed by atoms with Crippen LogP contribution in [0.2, 0.25) is 0 Å². The minimum absolute atomic E-state index is 0. The van der Waals surface area contributed by atoms with Crippen molar-refractivity contribution in [2.24, 2.45) is 5.92 Å². The van der Waals surface area contributed by atoms with Crippen molar-refractivity contribution in [1.82, 2.24) is 10.2 Å². The first-order valence-electron chi connectivity index (χ1n) is 6.59. The van der Waals surface area contributed by atoms with E-state index in [0.29, 0.717) is 18.9 Å². The minimum atomic E-state index is 0. The number of halogens is 1. The van der Waals surface area contributed by atoms with E-state index in [-0.39, 0.29) is 18.3 Å². The summed E-state index contributed by atoms with van der Waals surface area (Å²) in [5.41, 5.74) is 1.19. The molecule has 1 N–H and O–H groups in total. The lowest BCUT2D eigenvalue weighted by Crippen LogP contribution is -2.35. The summed E-state index contributed by atoms with van der Waals surface area (Å²) in [6, 6.07) is 10.2. The SMILES string of the molecule is CNCCC(=O)N(Cc1ccccc1)CC(C)C.Cl. The molecule has 0 aliphatic rings. The molecule has 3 nitrogen and oxygen atoms in total. The number of nitrogens with one attached hydrogen (secondary N) is 1. The fraction of sp³-hybridized carbons (Fsp3) is 0.533. The molecule has 0 radical (unpaired) electrons. The van der Waals surface area contributed by atoms with Crippen molar-refractivity contribution in [3.05, 3.63) is 35.9 Å². The number of rotatable bonds is 7. The molecule has 0 unspecified atom stereocenters. The quantitative estimate of drug-likeness (QED) is 0.835. The zero-order valence-electron chi connectivity index (χ0n) is 12.1. The number of nitrogens with zero attached hydrogens (tertiary/aromatic N) is 1. The molecule has 0 atom stereocenters. The van der Waals surface area contributed by atoms with E-state index in [9.17, 15) is 4.79 Å². The summed E-state index contributed by atoms with van der Waals surface area (Å²) in [4.78, 5) is 14.1. The molecule has 1 amide bonds. The van der Waals surface area contributed by atoms with Gasteiger partial charge in [0, 0.05) is 26.1 Å². The van der Waals surface area contributed by atoms with Gasteiger partial charge in [-0.15, -0.1) is 12.4 Å². The van der Waals surface area contributed by atoms with E-state index in [2.05, 4.69) is 31.3 Å². The van der Waals surface area contributed by atoms with E-state index in [1.165, 1.54) is 5.56 Å². The van der Waals surface area contributed by atoms with Crippen LogP contribution >= 0.6 is 12.4 Å². The summed E-state index contributed by atoms with van der Waals surface area (Å²) in [6.07, 6.45) is 0.566. The van der Waals surface area contributed by atoms with Crippen molar-refractivity contribution < 1.29 is 4.79 Å². The monoisotopic (exact) mass is 284 g/mol. The van der Waals surface area contributed by atoms with Crippen LogP contribution in [0, 0.1) is 5.92 Å². The van der Waals surface area contributed by atoms with Crippen molar-refractivity contribution in [3.8, 4) is 0 Å². The lowest BCUT2D eigenvalue weighted by Gasteiger charge is -2.25. The predicted octanol–water partition coefficient (Wildman–Crippen LogP) is 2.70. The summed E-state index contributed by atoms with van der Waals surface area (Å²) in [6.45, 7) is 6.55. The summed E-state index contributed by atoms with van der Waals surface area (Å²) in [7, 11) is 1.87. The van der Waals surface area contributed by atoms with Gasteiger partial charge in [0.25, 0.3) is 0 Å². The third-order valence-electron chi connectivity index (χ3n) is 2.74. The average molecular weight is 285 g/mol. The lowest BCUT2D eigenvalue weighted by molar-refractivity contribution is -0.132. The molecule has 19 heavy (non-hydrogen) atoms. The number of amides is 1. The summed E-state index contributed by atoms with van der Waals surface area (Å²) < 4.78 is 0. The highest BCUT2D eigenvalue weighted by Crippen LogP contribution is 2.08. The van der Waals surface area contributed by atoms with Crippen LogP contribution in [0.15, 0.2) is 30.3 Å². The van der Waals surface area contributed by atoms with Gasteiger partial charge in [-0.2, -0.15) is 0 Å². The Kier molecular flexibility index (Phi) is 9.27. The largest absolute Gasteiger partial charge is 0.338 e. The van der Waals surface area contributed by atoms with Crippen molar-refractivity contribution >= 4 is 18.3 Å². The Hall–Kier alpha value is -1.06. The summed E-state index contributed by atoms with van der Waals surface area (Å²) in [5.74, 6) is 0.717. The zero-order valence-corrected chi connectivity index (χ0v) is 12.9. The molecular formula is C15H25ClN2O. The van der Waals surface area contributed by atoms with Gasteiger partial charge >= 0.3 is 0 Å². The summed E-state index contributed by atoms with van der Waals surface area (Å²) in [5, 5.41) is 3.02. The molecule has 108 valence electrons. The Balaban J connectivity index is 0.00000324. The van der Waals surface area contributed by atoms with Gasteiger partial charge in [-0.25, -0.2) is 0 Å². The number of benzene rings is 1. The Labute approximate surface area is 122 Å². The second-order valence-electron chi connectivity index (χ2n) is 5.01. The third-order valence-corrected chi connectivity index (χ3v) is 2.74. The highest BCUT2D eigenvalue weighted by molar-refractivity contribution is 5.85. The van der Waals surface area contributed by atoms with Crippen LogP contribution < -0.4 is 5.32 Å². The van der Waals surface area contributed by atoms with Crippen LogP contribution in [0.5, 0.6) is 0 Å². The van der Waals surface area contributed by atoms with Gasteiger partial charge in [-0.3, -0.25) is 4.79 Å². The first-order chi connectivity index (χ1) is 8.63. The molecular weight excluding hydrogens is 260 g/mol. The fourth-order valence-corrected chi connectivity index (χ4v) is 1.89.